The highest BCUT2D eigenvalue weighted by Gasteiger charge is 2.59. The van der Waals surface area contributed by atoms with Crippen LogP contribution in [0.15, 0.2) is 30.3 Å². The zero-order valence-electron chi connectivity index (χ0n) is 47.4. The molecule has 1 aromatic rings. The lowest BCUT2D eigenvalue weighted by Gasteiger charge is -2.55. The fourth-order valence-electron chi connectivity index (χ4n) is 6.78. The van der Waals surface area contributed by atoms with Crippen molar-refractivity contribution in [2.75, 3.05) is 12.4 Å². The smallest absolute Gasteiger partial charge is 0.192 e. The van der Waals surface area contributed by atoms with Crippen LogP contribution in [0.4, 0.5) is 0 Å². The SMILES string of the molecule is CCS[C@@H]1O[C@H](CO[Si](C)(C)C(C)(C)C)[C@@H](O[Si](C)(C)C(C)(C)C)[C@H](O[Si](C)(C)C(C)(C)C)[C@H]1O[C@@H]1O[C@@H](C)[C@H](O[Si](C)(C)C(C)(C)C)[C@@H](O[Si](C)(C)C(C)(C)C)[C@H]1OCc1ccccc1. The lowest BCUT2D eigenvalue weighted by molar-refractivity contribution is -0.332. The van der Waals surface area contributed by atoms with Gasteiger partial charge in [-0.2, -0.15) is 0 Å². The van der Waals surface area contributed by atoms with Gasteiger partial charge in [-0.15, -0.1) is 11.8 Å². The fourth-order valence-corrected chi connectivity index (χ4v) is 14.0. The summed E-state index contributed by atoms with van der Waals surface area (Å²) < 4.78 is 67.1. The topological polar surface area (TPSA) is 83.1 Å². The van der Waals surface area contributed by atoms with Gasteiger partial charge < -0.3 is 41.1 Å². The third kappa shape index (κ3) is 14.9. The van der Waals surface area contributed by atoms with Crippen LogP contribution in [0.5, 0.6) is 0 Å². The van der Waals surface area contributed by atoms with E-state index in [-0.39, 0.29) is 37.4 Å². The quantitative estimate of drug-likeness (QED) is 0.133. The summed E-state index contributed by atoms with van der Waals surface area (Å²) in [6, 6.07) is 10.4. The number of hydrogen-bond acceptors (Lipinski definition) is 10. The predicted molar refractivity (Wildman–Crippen MR) is 292 cm³/mol. The Kier molecular flexibility index (Phi) is 20.0. The normalized spacial score (nSPS) is 28.5. The van der Waals surface area contributed by atoms with Crippen molar-refractivity contribution in [1.82, 2.24) is 0 Å². The molecule has 0 radical (unpaired) electrons. The minimum Gasteiger partial charge on any atom is -0.414 e. The Bertz CT molecular complexity index is 1660. The molecule has 2 aliphatic heterocycles. The van der Waals surface area contributed by atoms with E-state index in [1.165, 1.54) is 0 Å². The Morgan fingerprint density at radius 3 is 1.30 bits per heavy atom. The van der Waals surface area contributed by atoms with E-state index in [0.717, 1.165) is 11.3 Å². The molecule has 0 aliphatic carbocycles. The van der Waals surface area contributed by atoms with Crippen LogP contribution in [0.1, 0.15) is 123 Å². The lowest BCUT2D eigenvalue weighted by atomic mass is 9.98. The first-order valence-corrected chi connectivity index (χ1v) is 40.7. The van der Waals surface area contributed by atoms with Crippen LogP contribution in [-0.4, -0.2) is 115 Å². The molecule has 2 heterocycles. The van der Waals surface area contributed by atoms with Gasteiger partial charge in [-0.05, 0) is 109 Å². The van der Waals surface area contributed by atoms with Crippen molar-refractivity contribution < 1.29 is 41.1 Å². The summed E-state index contributed by atoms with van der Waals surface area (Å²) >= 11 is 1.75. The first kappa shape index (κ1) is 60.6. The first-order valence-electron chi connectivity index (χ1n) is 25.1. The average molecular weight is 1030 g/mol. The van der Waals surface area contributed by atoms with E-state index in [4.69, 9.17) is 41.1 Å². The zero-order valence-corrected chi connectivity index (χ0v) is 53.2. The number of thioether (sulfide) groups is 1. The van der Waals surface area contributed by atoms with Crippen molar-refractivity contribution in [3.8, 4) is 0 Å². The summed E-state index contributed by atoms with van der Waals surface area (Å²) in [5, 5.41) is -0.253. The van der Waals surface area contributed by atoms with Gasteiger partial charge in [-0.25, -0.2) is 0 Å². The highest BCUT2D eigenvalue weighted by atomic mass is 32.2. The molecule has 0 aromatic heterocycles. The third-order valence-electron chi connectivity index (χ3n) is 16.6. The highest BCUT2D eigenvalue weighted by Crippen LogP contribution is 2.48. The monoisotopic (exact) mass is 1030 g/mol. The Balaban J connectivity index is 2.38. The van der Waals surface area contributed by atoms with Gasteiger partial charge in [0.2, 0.25) is 0 Å². The molecule has 0 unspecified atom stereocenters. The summed E-state index contributed by atoms with van der Waals surface area (Å²) in [6.45, 7) is 62.7. The van der Waals surface area contributed by atoms with E-state index < -0.39 is 89.9 Å². The van der Waals surface area contributed by atoms with Crippen LogP contribution in [0.25, 0.3) is 0 Å². The van der Waals surface area contributed by atoms with Crippen molar-refractivity contribution >= 4 is 53.3 Å². The summed E-state index contributed by atoms with van der Waals surface area (Å²) in [4.78, 5) is 0. The van der Waals surface area contributed by atoms with Gasteiger partial charge in [0.1, 0.15) is 42.1 Å². The number of ether oxygens (including phenoxy) is 4. The molecule has 15 heteroatoms. The number of rotatable bonds is 18. The molecule has 10 atom stereocenters. The van der Waals surface area contributed by atoms with Crippen molar-refractivity contribution in [2.24, 2.45) is 0 Å². The van der Waals surface area contributed by atoms with Crippen LogP contribution < -0.4 is 0 Å². The molecule has 0 bridgehead atoms. The molecule has 0 N–H and O–H groups in total. The third-order valence-corrected chi connectivity index (χ3v) is 40.0. The maximum atomic E-state index is 7.78. The zero-order chi connectivity index (χ0) is 51.1. The molecular weight excluding hydrogens is 929 g/mol. The van der Waals surface area contributed by atoms with E-state index in [1.807, 2.05) is 6.07 Å². The first-order chi connectivity index (χ1) is 29.5. The maximum Gasteiger partial charge on any atom is 0.192 e. The molecule has 2 saturated heterocycles. The molecule has 9 nitrogen and oxygen atoms in total. The van der Waals surface area contributed by atoms with E-state index in [0.29, 0.717) is 13.2 Å². The number of benzene rings is 1. The minimum atomic E-state index is -2.49. The second kappa shape index (κ2) is 21.8. The van der Waals surface area contributed by atoms with Crippen LogP contribution in [0, 0.1) is 0 Å². The van der Waals surface area contributed by atoms with Gasteiger partial charge in [0.05, 0.1) is 25.4 Å². The molecular formula is C51H102O9SSi5. The van der Waals surface area contributed by atoms with Gasteiger partial charge in [-0.1, -0.05) is 141 Å². The Morgan fingerprint density at radius 2 is 0.894 bits per heavy atom. The van der Waals surface area contributed by atoms with E-state index in [2.05, 4.69) is 207 Å². The second-order valence-electron chi connectivity index (χ2n) is 27.0. The van der Waals surface area contributed by atoms with Crippen LogP contribution in [0.2, 0.25) is 90.7 Å². The summed E-state index contributed by atoms with van der Waals surface area (Å²) in [5.41, 5.74) is 0.654. The van der Waals surface area contributed by atoms with Crippen LogP contribution in [-0.2, 0) is 47.7 Å². The Hall–Kier alpha value is 0.294. The predicted octanol–water partition coefficient (Wildman–Crippen LogP) is 14.8. The van der Waals surface area contributed by atoms with Gasteiger partial charge in [0, 0.05) is 0 Å². The van der Waals surface area contributed by atoms with Crippen LogP contribution >= 0.6 is 11.8 Å². The maximum absolute atomic E-state index is 7.78. The Morgan fingerprint density at radius 1 is 0.500 bits per heavy atom. The van der Waals surface area contributed by atoms with E-state index in [9.17, 15) is 0 Å². The molecule has 66 heavy (non-hydrogen) atoms. The van der Waals surface area contributed by atoms with Crippen molar-refractivity contribution in [2.45, 2.75) is 276 Å². The molecule has 386 valence electrons. The average Bonchev–Trinajstić information content (AvgIpc) is 3.12. The molecule has 0 spiro atoms. The van der Waals surface area contributed by atoms with Crippen molar-refractivity contribution in [3.05, 3.63) is 35.9 Å². The minimum absolute atomic E-state index is 0.0245. The van der Waals surface area contributed by atoms with Gasteiger partial charge >= 0.3 is 0 Å². The Labute approximate surface area is 416 Å². The molecule has 2 aliphatic rings. The van der Waals surface area contributed by atoms with Gasteiger partial charge in [0.25, 0.3) is 0 Å². The molecule has 0 amide bonds. The molecule has 1 aromatic carbocycles. The summed E-state index contributed by atoms with van der Waals surface area (Å²) in [6.07, 6.45) is -4.69. The molecule has 2 fully saturated rings. The largest absolute Gasteiger partial charge is 0.414 e. The molecule has 3 rings (SSSR count). The lowest BCUT2D eigenvalue weighted by Crippen LogP contribution is -2.69. The van der Waals surface area contributed by atoms with Gasteiger partial charge in [-0.3, -0.25) is 0 Å². The summed E-state index contributed by atoms with van der Waals surface area (Å²) in [5.74, 6) is 0.816. The van der Waals surface area contributed by atoms with E-state index in [1.54, 1.807) is 11.8 Å². The number of hydrogen-bond donors (Lipinski definition) is 0. The fraction of sp³-hybridized carbons (Fsp3) is 0.882. The van der Waals surface area contributed by atoms with Crippen molar-refractivity contribution in [1.29, 1.82) is 0 Å². The highest BCUT2D eigenvalue weighted by molar-refractivity contribution is 7.99. The standard InChI is InChI=1S/C51H102O9SSi5/c1-28-61-46-44(42(60-66(26,27)51(15,16)17)40(58-64(22,23)49(9,10)11)38(55-46)35-53-62(18,19)47(3,4)5)56-45-43(52-34-37-32-30-29-31-33-37)41(59-65(24,25)50(12,13)14)39(36(2)54-45)57-63(20,21)48(6,7)8/h29-33,36,38-46H,28,34-35H2,1-27H3/t36-,38+,39-,40+,41+,42-,43+,44+,45-,46-/m0/s1. The second-order valence-corrected chi connectivity index (χ2v) is 52.2. The summed E-state index contributed by atoms with van der Waals surface area (Å²) in [7, 11) is -11.9. The van der Waals surface area contributed by atoms with Gasteiger partial charge in [0.15, 0.2) is 47.9 Å². The van der Waals surface area contributed by atoms with E-state index >= 15 is 0 Å². The van der Waals surface area contributed by atoms with Crippen LogP contribution in [0.3, 0.4) is 0 Å². The molecule has 0 saturated carbocycles. The van der Waals surface area contributed by atoms with Crippen molar-refractivity contribution in [3.63, 3.8) is 0 Å².